The third-order valence-electron chi connectivity index (χ3n) is 4.98. The third kappa shape index (κ3) is 5.55. The average molecular weight is 319 g/mol. The highest BCUT2D eigenvalue weighted by Gasteiger charge is 2.18. The summed E-state index contributed by atoms with van der Waals surface area (Å²) in [5.41, 5.74) is 3.09. The van der Waals surface area contributed by atoms with Crippen LogP contribution in [0.2, 0.25) is 0 Å². The fourth-order valence-electron chi connectivity index (χ4n) is 2.67. The Labute approximate surface area is 140 Å². The van der Waals surface area contributed by atoms with Gasteiger partial charge in [0.2, 0.25) is 0 Å². The molecule has 0 fully saturated rings. The molecule has 3 unspecified atom stereocenters. The van der Waals surface area contributed by atoms with Crippen molar-refractivity contribution < 1.29 is 4.43 Å². The molecule has 1 aromatic carbocycles. The van der Waals surface area contributed by atoms with E-state index in [1.165, 1.54) is 36.4 Å². The predicted molar refractivity (Wildman–Crippen MR) is 99.3 cm³/mol. The fraction of sp³-hybridized carbons (Fsp3) is 0.700. The maximum Gasteiger partial charge on any atom is 0.268 e. The lowest BCUT2D eigenvalue weighted by Gasteiger charge is -2.22. The Kier molecular flexibility index (Phi) is 9.04. The van der Waals surface area contributed by atoms with Gasteiger partial charge in [-0.3, -0.25) is 0 Å². The Bertz CT molecular complexity index is 430. The van der Waals surface area contributed by atoms with Crippen molar-refractivity contribution in [2.24, 2.45) is 5.92 Å². The molecule has 1 aromatic rings. The number of rotatable bonds is 10. The number of hydrogen-bond acceptors (Lipinski definition) is 1. The Morgan fingerprint density at radius 1 is 0.955 bits per heavy atom. The summed E-state index contributed by atoms with van der Waals surface area (Å²) in [5, 5.41) is 1.43. The summed E-state index contributed by atoms with van der Waals surface area (Å²) in [6.45, 7) is 14.7. The first-order valence-electron chi connectivity index (χ1n) is 9.05. The molecule has 3 atom stereocenters. The van der Waals surface area contributed by atoms with E-state index in [1.807, 2.05) is 0 Å². The zero-order valence-electron chi connectivity index (χ0n) is 15.4. The van der Waals surface area contributed by atoms with E-state index in [0.29, 0.717) is 21.6 Å². The van der Waals surface area contributed by atoms with Crippen LogP contribution in [0.4, 0.5) is 0 Å². The quantitative estimate of drug-likeness (QED) is 0.414. The lowest BCUT2D eigenvalue weighted by molar-refractivity contribution is 0.299. The molecule has 0 bridgehead atoms. The van der Waals surface area contributed by atoms with Crippen molar-refractivity contribution in [3.63, 3.8) is 0 Å². The second-order valence-electron chi connectivity index (χ2n) is 6.68. The second kappa shape index (κ2) is 10.2. The maximum absolute atomic E-state index is 6.02. The van der Waals surface area contributed by atoms with Crippen molar-refractivity contribution in [1.29, 1.82) is 0 Å². The molecule has 0 N–H and O–H groups in total. The van der Waals surface area contributed by atoms with E-state index in [4.69, 9.17) is 4.43 Å². The van der Waals surface area contributed by atoms with Crippen LogP contribution in [0.1, 0.15) is 90.2 Å². The smallest absolute Gasteiger partial charge is 0.268 e. The lowest BCUT2D eigenvalue weighted by atomic mass is 9.86. The Hall–Kier alpha value is -0.603. The molecule has 0 aliphatic heterocycles. The number of benzene rings is 1. The average Bonchev–Trinajstić information content (AvgIpc) is 2.56. The van der Waals surface area contributed by atoms with Gasteiger partial charge in [-0.05, 0) is 53.3 Å². The van der Waals surface area contributed by atoms with Crippen LogP contribution in [-0.2, 0) is 4.43 Å². The monoisotopic (exact) mass is 318 g/mol. The van der Waals surface area contributed by atoms with E-state index in [2.05, 4.69) is 59.7 Å². The molecule has 124 valence electrons. The van der Waals surface area contributed by atoms with Crippen LogP contribution in [0, 0.1) is 5.92 Å². The lowest BCUT2D eigenvalue weighted by Crippen LogP contribution is -2.26. The van der Waals surface area contributed by atoms with Crippen molar-refractivity contribution in [2.75, 3.05) is 6.61 Å². The zero-order valence-corrected chi connectivity index (χ0v) is 16.4. The fourth-order valence-corrected chi connectivity index (χ4v) is 3.71. The van der Waals surface area contributed by atoms with E-state index < -0.39 is 0 Å². The molecule has 0 aliphatic rings. The van der Waals surface area contributed by atoms with Gasteiger partial charge in [-0.15, -0.1) is 0 Å². The summed E-state index contributed by atoms with van der Waals surface area (Å²) >= 11 is 0. The van der Waals surface area contributed by atoms with E-state index in [9.17, 15) is 0 Å². The molecule has 1 rings (SSSR count). The molecule has 0 heterocycles. The third-order valence-corrected chi connectivity index (χ3v) is 5.98. The molecule has 0 saturated carbocycles. The van der Waals surface area contributed by atoms with Crippen LogP contribution >= 0.6 is 0 Å². The van der Waals surface area contributed by atoms with Gasteiger partial charge >= 0.3 is 0 Å². The predicted octanol–water partition coefficient (Wildman–Crippen LogP) is 5.41. The van der Waals surface area contributed by atoms with E-state index >= 15 is 0 Å². The van der Waals surface area contributed by atoms with E-state index in [0.717, 1.165) is 12.5 Å². The van der Waals surface area contributed by atoms with Gasteiger partial charge in [0.15, 0.2) is 0 Å². The van der Waals surface area contributed by atoms with Gasteiger partial charge in [0.05, 0.1) is 0 Å². The normalized spacial score (nSPS) is 15.5. The van der Waals surface area contributed by atoms with E-state index in [1.54, 1.807) is 5.56 Å². The molecular weight excluding hydrogens is 284 g/mol. The van der Waals surface area contributed by atoms with Gasteiger partial charge in [0, 0.05) is 6.61 Å². The second-order valence-corrected chi connectivity index (χ2v) is 7.71. The first-order valence-corrected chi connectivity index (χ1v) is 9.96. The molecule has 0 spiro atoms. The summed E-state index contributed by atoms with van der Waals surface area (Å²) in [5.74, 6) is 2.02. The van der Waals surface area contributed by atoms with Crippen LogP contribution in [0.3, 0.4) is 0 Å². The highest BCUT2D eigenvalue weighted by atomic mass is 28.2. The number of hydrogen-bond donors (Lipinski definition) is 0. The SMILES string of the molecule is CCC(C)CCO[Si]c1cccc(C(C)CC)c1C(C)CC. The van der Waals surface area contributed by atoms with Crippen molar-refractivity contribution in [2.45, 2.75) is 79.1 Å². The van der Waals surface area contributed by atoms with Gasteiger partial charge in [-0.1, -0.05) is 66.2 Å². The van der Waals surface area contributed by atoms with Crippen LogP contribution in [0.5, 0.6) is 0 Å². The minimum atomic E-state index is 0.491. The largest absolute Gasteiger partial charge is 0.411 e. The summed E-state index contributed by atoms with van der Waals surface area (Å²) in [6.07, 6.45) is 4.81. The highest BCUT2D eigenvalue weighted by Crippen LogP contribution is 2.28. The van der Waals surface area contributed by atoms with Crippen LogP contribution in [0.25, 0.3) is 0 Å². The molecule has 2 radical (unpaired) electrons. The van der Waals surface area contributed by atoms with Crippen LogP contribution < -0.4 is 5.19 Å². The Balaban J connectivity index is 2.84. The van der Waals surface area contributed by atoms with Crippen molar-refractivity contribution in [3.8, 4) is 0 Å². The Morgan fingerprint density at radius 2 is 1.64 bits per heavy atom. The Morgan fingerprint density at radius 3 is 2.23 bits per heavy atom. The minimum Gasteiger partial charge on any atom is -0.411 e. The summed E-state index contributed by atoms with van der Waals surface area (Å²) in [4.78, 5) is 0. The zero-order chi connectivity index (χ0) is 16.5. The van der Waals surface area contributed by atoms with Gasteiger partial charge in [0.1, 0.15) is 0 Å². The molecular formula is C20H34OSi. The summed E-state index contributed by atoms with van der Waals surface area (Å²) in [7, 11) is 0.491. The van der Waals surface area contributed by atoms with Crippen molar-refractivity contribution in [1.82, 2.24) is 0 Å². The minimum absolute atomic E-state index is 0.491. The van der Waals surface area contributed by atoms with E-state index in [-0.39, 0.29) is 0 Å². The van der Waals surface area contributed by atoms with Gasteiger partial charge in [0.25, 0.3) is 9.76 Å². The van der Waals surface area contributed by atoms with Crippen LogP contribution in [0.15, 0.2) is 18.2 Å². The molecule has 22 heavy (non-hydrogen) atoms. The maximum atomic E-state index is 6.02. The van der Waals surface area contributed by atoms with Crippen LogP contribution in [-0.4, -0.2) is 16.4 Å². The molecule has 0 aromatic heterocycles. The first-order chi connectivity index (χ1) is 10.5. The molecule has 0 amide bonds. The molecule has 0 aliphatic carbocycles. The van der Waals surface area contributed by atoms with Crippen molar-refractivity contribution in [3.05, 3.63) is 29.3 Å². The van der Waals surface area contributed by atoms with Crippen molar-refractivity contribution >= 4 is 14.9 Å². The first kappa shape index (κ1) is 19.4. The standard InChI is InChI=1S/C20H34OSi/c1-7-15(4)13-14-21-22-19-12-10-11-18(16(5)8-2)20(19)17(6)9-3/h10-12,15-17H,7-9,13-14H2,1-6H3. The van der Waals surface area contributed by atoms with Gasteiger partial charge < -0.3 is 4.43 Å². The molecule has 2 heteroatoms. The van der Waals surface area contributed by atoms with Gasteiger partial charge in [-0.25, -0.2) is 0 Å². The van der Waals surface area contributed by atoms with Gasteiger partial charge in [-0.2, -0.15) is 0 Å². The summed E-state index contributed by atoms with van der Waals surface area (Å²) < 4.78 is 6.02. The molecule has 0 saturated heterocycles. The topological polar surface area (TPSA) is 9.23 Å². The summed E-state index contributed by atoms with van der Waals surface area (Å²) in [6, 6.07) is 6.81. The highest BCUT2D eigenvalue weighted by molar-refractivity contribution is 6.47. The molecule has 1 nitrogen and oxygen atoms in total.